The van der Waals surface area contributed by atoms with E-state index in [-0.39, 0.29) is 12.6 Å². The summed E-state index contributed by atoms with van der Waals surface area (Å²) in [4.78, 5) is 2.39. The first-order chi connectivity index (χ1) is 7.13. The molecular formula is C12H26N2O. The molecule has 1 aliphatic heterocycles. The summed E-state index contributed by atoms with van der Waals surface area (Å²) >= 11 is 0. The Balaban J connectivity index is 2.36. The zero-order chi connectivity index (χ0) is 11.3. The van der Waals surface area contributed by atoms with Crippen molar-refractivity contribution >= 4 is 0 Å². The van der Waals surface area contributed by atoms with Gasteiger partial charge in [-0.1, -0.05) is 13.8 Å². The number of hydrogen-bond acceptors (Lipinski definition) is 3. The number of hydrogen-bond donors (Lipinski definition) is 2. The lowest BCUT2D eigenvalue weighted by molar-refractivity contribution is 0.194. The zero-order valence-corrected chi connectivity index (χ0v) is 10.4. The maximum absolute atomic E-state index is 9.28. The third-order valence-electron chi connectivity index (χ3n) is 3.40. The lowest BCUT2D eigenvalue weighted by Crippen LogP contribution is -2.44. The van der Waals surface area contributed by atoms with E-state index >= 15 is 0 Å². The van der Waals surface area contributed by atoms with Gasteiger partial charge < -0.3 is 15.3 Å². The van der Waals surface area contributed by atoms with E-state index in [0.29, 0.717) is 12.0 Å². The van der Waals surface area contributed by atoms with E-state index in [4.69, 9.17) is 0 Å². The molecule has 0 saturated carbocycles. The van der Waals surface area contributed by atoms with Crippen molar-refractivity contribution in [3.8, 4) is 0 Å². The Morgan fingerprint density at radius 1 is 1.33 bits per heavy atom. The number of likely N-dealkylation sites (tertiary alicyclic amines) is 1. The molecule has 0 amide bonds. The molecule has 15 heavy (non-hydrogen) atoms. The summed E-state index contributed by atoms with van der Waals surface area (Å²) in [5.74, 6) is 0.510. The number of nitrogens with zero attached hydrogens (tertiary/aromatic N) is 1. The van der Waals surface area contributed by atoms with Crippen LogP contribution in [-0.2, 0) is 0 Å². The SMILES string of the molecule is CC(C)[C@@H](CO)NC1CCCN(C)CC1. The predicted molar refractivity (Wildman–Crippen MR) is 64.0 cm³/mol. The van der Waals surface area contributed by atoms with Crippen molar-refractivity contribution in [2.24, 2.45) is 5.92 Å². The summed E-state index contributed by atoms with van der Waals surface area (Å²) in [6, 6.07) is 0.855. The average Bonchev–Trinajstić information content (AvgIpc) is 2.39. The highest BCUT2D eigenvalue weighted by Crippen LogP contribution is 2.12. The standard InChI is InChI=1S/C12H26N2O/c1-10(2)12(9-15)13-11-5-4-7-14(3)8-6-11/h10-13,15H,4-9H2,1-3H3/t11?,12-/m1/s1. The summed E-state index contributed by atoms with van der Waals surface area (Å²) in [6.45, 7) is 6.97. The minimum atomic E-state index is 0.254. The van der Waals surface area contributed by atoms with E-state index in [1.807, 2.05) is 0 Å². The van der Waals surface area contributed by atoms with Gasteiger partial charge in [0.1, 0.15) is 0 Å². The Morgan fingerprint density at radius 3 is 2.67 bits per heavy atom. The predicted octanol–water partition coefficient (Wildman–Crippen LogP) is 1.08. The number of nitrogens with one attached hydrogen (secondary N) is 1. The van der Waals surface area contributed by atoms with Crippen molar-refractivity contribution in [2.45, 2.75) is 45.2 Å². The fraction of sp³-hybridized carbons (Fsp3) is 1.00. The maximum atomic E-state index is 9.28. The molecule has 0 bridgehead atoms. The zero-order valence-electron chi connectivity index (χ0n) is 10.4. The molecule has 90 valence electrons. The van der Waals surface area contributed by atoms with Gasteiger partial charge in [0, 0.05) is 12.1 Å². The molecule has 0 aliphatic carbocycles. The normalized spacial score (nSPS) is 26.6. The number of rotatable bonds is 4. The molecule has 1 unspecified atom stereocenters. The van der Waals surface area contributed by atoms with E-state index in [0.717, 1.165) is 0 Å². The summed E-state index contributed by atoms with van der Waals surface area (Å²) in [5, 5.41) is 12.9. The van der Waals surface area contributed by atoms with Crippen molar-refractivity contribution in [3.63, 3.8) is 0 Å². The van der Waals surface area contributed by atoms with Gasteiger partial charge in [-0.3, -0.25) is 0 Å². The molecule has 0 radical (unpaired) electrons. The Labute approximate surface area is 93.9 Å². The van der Waals surface area contributed by atoms with Crippen molar-refractivity contribution < 1.29 is 5.11 Å². The molecule has 1 saturated heterocycles. The van der Waals surface area contributed by atoms with Gasteiger partial charge in [-0.05, 0) is 45.3 Å². The van der Waals surface area contributed by atoms with Crippen LogP contribution in [0.15, 0.2) is 0 Å². The minimum absolute atomic E-state index is 0.254. The van der Waals surface area contributed by atoms with Crippen molar-refractivity contribution in [3.05, 3.63) is 0 Å². The monoisotopic (exact) mass is 214 g/mol. The molecule has 0 spiro atoms. The van der Waals surface area contributed by atoms with Gasteiger partial charge >= 0.3 is 0 Å². The van der Waals surface area contributed by atoms with Crippen LogP contribution in [0.2, 0.25) is 0 Å². The molecule has 0 aromatic heterocycles. The molecular weight excluding hydrogens is 188 g/mol. The molecule has 2 atom stereocenters. The van der Waals surface area contributed by atoms with E-state index in [1.54, 1.807) is 0 Å². The Morgan fingerprint density at radius 2 is 2.07 bits per heavy atom. The van der Waals surface area contributed by atoms with Crippen LogP contribution >= 0.6 is 0 Å². The second-order valence-corrected chi connectivity index (χ2v) is 5.13. The van der Waals surface area contributed by atoms with Gasteiger partial charge in [0.2, 0.25) is 0 Å². The molecule has 0 aromatic carbocycles. The first kappa shape index (κ1) is 12.9. The summed E-state index contributed by atoms with van der Waals surface area (Å²) in [6.07, 6.45) is 3.72. The highest BCUT2D eigenvalue weighted by Gasteiger charge is 2.19. The van der Waals surface area contributed by atoms with E-state index in [2.05, 4.69) is 31.1 Å². The molecule has 2 N–H and O–H groups in total. The largest absolute Gasteiger partial charge is 0.395 e. The van der Waals surface area contributed by atoms with Crippen LogP contribution in [0, 0.1) is 5.92 Å². The quantitative estimate of drug-likeness (QED) is 0.735. The second kappa shape index (κ2) is 6.46. The first-order valence-electron chi connectivity index (χ1n) is 6.19. The topological polar surface area (TPSA) is 35.5 Å². The van der Waals surface area contributed by atoms with Crippen LogP contribution in [0.25, 0.3) is 0 Å². The van der Waals surface area contributed by atoms with Crippen LogP contribution in [0.4, 0.5) is 0 Å². The molecule has 1 heterocycles. The molecule has 1 fully saturated rings. The lowest BCUT2D eigenvalue weighted by atomic mass is 10.0. The smallest absolute Gasteiger partial charge is 0.0587 e. The van der Waals surface area contributed by atoms with E-state index in [9.17, 15) is 5.11 Å². The second-order valence-electron chi connectivity index (χ2n) is 5.13. The van der Waals surface area contributed by atoms with E-state index in [1.165, 1.54) is 32.4 Å². The molecule has 0 aromatic rings. The average molecular weight is 214 g/mol. The molecule has 1 aliphatic rings. The van der Waals surface area contributed by atoms with Gasteiger partial charge in [0.15, 0.2) is 0 Å². The third kappa shape index (κ3) is 4.49. The summed E-state index contributed by atoms with van der Waals surface area (Å²) in [7, 11) is 2.19. The Bertz CT molecular complexity index is 173. The van der Waals surface area contributed by atoms with Crippen molar-refractivity contribution in [2.75, 3.05) is 26.7 Å². The highest BCUT2D eigenvalue weighted by atomic mass is 16.3. The van der Waals surface area contributed by atoms with Gasteiger partial charge in [-0.15, -0.1) is 0 Å². The van der Waals surface area contributed by atoms with Crippen LogP contribution in [0.5, 0.6) is 0 Å². The van der Waals surface area contributed by atoms with Crippen LogP contribution in [0.1, 0.15) is 33.1 Å². The number of aliphatic hydroxyl groups is 1. The van der Waals surface area contributed by atoms with Crippen molar-refractivity contribution in [1.82, 2.24) is 10.2 Å². The van der Waals surface area contributed by atoms with E-state index < -0.39 is 0 Å². The van der Waals surface area contributed by atoms with Crippen molar-refractivity contribution in [1.29, 1.82) is 0 Å². The fourth-order valence-electron chi connectivity index (χ4n) is 2.17. The Kier molecular flexibility index (Phi) is 5.58. The van der Waals surface area contributed by atoms with Crippen LogP contribution in [-0.4, -0.2) is 48.8 Å². The minimum Gasteiger partial charge on any atom is -0.395 e. The van der Waals surface area contributed by atoms with Gasteiger partial charge in [0.05, 0.1) is 6.61 Å². The van der Waals surface area contributed by atoms with Crippen LogP contribution in [0.3, 0.4) is 0 Å². The third-order valence-corrected chi connectivity index (χ3v) is 3.40. The maximum Gasteiger partial charge on any atom is 0.0587 e. The molecule has 3 nitrogen and oxygen atoms in total. The van der Waals surface area contributed by atoms with Gasteiger partial charge in [-0.2, -0.15) is 0 Å². The highest BCUT2D eigenvalue weighted by molar-refractivity contribution is 4.79. The number of aliphatic hydroxyl groups excluding tert-OH is 1. The fourth-order valence-corrected chi connectivity index (χ4v) is 2.17. The molecule has 3 heteroatoms. The van der Waals surface area contributed by atoms with Gasteiger partial charge in [-0.25, -0.2) is 0 Å². The Hall–Kier alpha value is -0.120. The summed E-state index contributed by atoms with van der Waals surface area (Å²) < 4.78 is 0. The summed E-state index contributed by atoms with van der Waals surface area (Å²) in [5.41, 5.74) is 0. The lowest BCUT2D eigenvalue weighted by Gasteiger charge is -2.26. The van der Waals surface area contributed by atoms with Gasteiger partial charge in [0.25, 0.3) is 0 Å². The van der Waals surface area contributed by atoms with Crippen LogP contribution < -0.4 is 5.32 Å². The molecule has 1 rings (SSSR count). The first-order valence-corrected chi connectivity index (χ1v) is 6.19.